The second kappa shape index (κ2) is 7.52. The van der Waals surface area contributed by atoms with Crippen LogP contribution in [0, 0.1) is 0 Å². The van der Waals surface area contributed by atoms with Crippen molar-refractivity contribution in [3.63, 3.8) is 0 Å². The van der Waals surface area contributed by atoms with Gasteiger partial charge in [0.1, 0.15) is 11.2 Å². The van der Waals surface area contributed by atoms with E-state index in [1.54, 1.807) is 24.3 Å². The molecule has 3 heterocycles. The Bertz CT molecular complexity index is 1410. The van der Waals surface area contributed by atoms with Crippen molar-refractivity contribution in [2.75, 3.05) is 19.5 Å². The fourth-order valence-electron chi connectivity index (χ4n) is 4.15. The summed E-state index contributed by atoms with van der Waals surface area (Å²) in [6.45, 7) is 1.52. The minimum absolute atomic E-state index is 0.0499. The van der Waals surface area contributed by atoms with Crippen LogP contribution < -0.4 is 10.7 Å². The third-order valence-electron chi connectivity index (χ3n) is 5.64. The van der Waals surface area contributed by atoms with Crippen LogP contribution >= 0.6 is 0 Å². The van der Waals surface area contributed by atoms with Crippen molar-refractivity contribution >= 4 is 34.4 Å². The van der Waals surface area contributed by atoms with Crippen molar-refractivity contribution in [2.45, 2.75) is 25.2 Å². The Balaban J connectivity index is 1.91. The van der Waals surface area contributed by atoms with Gasteiger partial charge in [-0.2, -0.15) is 0 Å². The normalized spacial score (nSPS) is 21.8. The average Bonchev–Trinajstić information content (AvgIpc) is 2.81. The van der Waals surface area contributed by atoms with Gasteiger partial charge in [-0.3, -0.25) is 9.59 Å². The van der Waals surface area contributed by atoms with E-state index in [2.05, 4.69) is 10.3 Å². The van der Waals surface area contributed by atoms with Crippen molar-refractivity contribution in [1.29, 1.82) is 0 Å². The van der Waals surface area contributed by atoms with Gasteiger partial charge in [-0.1, -0.05) is 6.07 Å². The summed E-state index contributed by atoms with van der Waals surface area (Å²) >= 11 is 0. The van der Waals surface area contributed by atoms with Gasteiger partial charge in [0.05, 0.1) is 18.4 Å². The molecule has 2 unspecified atom stereocenters. The number of hydrogen-bond acceptors (Lipinski definition) is 10. The number of carbonyl (C=O) groups is 2. The van der Waals surface area contributed by atoms with Gasteiger partial charge in [-0.05, 0) is 12.1 Å². The monoisotopic (exact) mass is 449 g/mol. The third kappa shape index (κ3) is 3.18. The number of rotatable bonds is 2. The van der Waals surface area contributed by atoms with Gasteiger partial charge in [0.25, 0.3) is 5.79 Å². The maximum atomic E-state index is 13.2. The first-order valence-corrected chi connectivity index (χ1v) is 10.1. The number of para-hydroxylation sites is 1. The lowest BCUT2D eigenvalue weighted by Gasteiger charge is -2.35. The van der Waals surface area contributed by atoms with E-state index >= 15 is 0 Å². The van der Waals surface area contributed by atoms with E-state index in [1.807, 2.05) is 0 Å². The maximum absolute atomic E-state index is 13.2. The van der Waals surface area contributed by atoms with Crippen molar-refractivity contribution in [3.05, 3.63) is 57.9 Å². The summed E-state index contributed by atoms with van der Waals surface area (Å²) in [5.74, 6) is -2.41. The van der Waals surface area contributed by atoms with Gasteiger partial charge in [-0.15, -0.1) is 0 Å². The number of benzene rings is 2. The number of nitrogens with one attached hydrogen (secondary N) is 1. The van der Waals surface area contributed by atoms with Crippen LogP contribution in [0.2, 0.25) is 0 Å². The minimum Gasteiger partial charge on any atom is -0.467 e. The molecule has 1 aliphatic carbocycles. The molecule has 10 heteroatoms. The summed E-state index contributed by atoms with van der Waals surface area (Å²) in [5.41, 5.74) is 1.22. The number of ether oxygens (including phenoxy) is 3. The van der Waals surface area contributed by atoms with Gasteiger partial charge >= 0.3 is 5.97 Å². The topological polar surface area (TPSA) is 129 Å². The highest BCUT2D eigenvalue weighted by molar-refractivity contribution is 6.07. The van der Waals surface area contributed by atoms with Crippen LogP contribution in [-0.4, -0.2) is 42.9 Å². The lowest BCUT2D eigenvalue weighted by atomic mass is 9.94. The Hall–Kier alpha value is -4.05. The fourth-order valence-corrected chi connectivity index (χ4v) is 4.15. The number of carbonyl (C=O) groups excluding carboxylic acids is 2. The fraction of sp³-hybridized carbons (Fsp3) is 0.261. The highest BCUT2D eigenvalue weighted by Crippen LogP contribution is 2.43. The van der Waals surface area contributed by atoms with Crippen LogP contribution in [0.15, 0.2) is 50.7 Å². The van der Waals surface area contributed by atoms with E-state index in [0.29, 0.717) is 5.58 Å². The standard InChI is InChI=1S/C23H19N3O7/c1-11-25-13(22(29)30-2)9-14(27)12-5-4-6-16-19(12)26-21-17(32-16)10-15(28)20-18(21)23(31-3,33-11)7-8-24-20/h4-8,10,13,24H,9H2,1-3H3. The molecule has 1 aromatic carbocycles. The van der Waals surface area contributed by atoms with E-state index in [0.717, 1.165) is 0 Å². The molecule has 2 bridgehead atoms. The minimum atomic E-state index is -1.60. The molecule has 0 saturated heterocycles. The molecule has 3 aliphatic heterocycles. The molecule has 0 fully saturated rings. The van der Waals surface area contributed by atoms with E-state index in [1.165, 1.54) is 33.4 Å². The van der Waals surface area contributed by atoms with Crippen molar-refractivity contribution in [3.8, 4) is 11.5 Å². The Kier molecular flexibility index (Phi) is 4.75. The first-order chi connectivity index (χ1) is 15.9. The van der Waals surface area contributed by atoms with Crippen molar-refractivity contribution < 1.29 is 28.2 Å². The largest absolute Gasteiger partial charge is 0.467 e. The zero-order valence-corrected chi connectivity index (χ0v) is 18.0. The molecule has 1 N–H and O–H groups in total. The first kappa shape index (κ1) is 20.8. The van der Waals surface area contributed by atoms with Crippen molar-refractivity contribution in [1.82, 2.24) is 4.98 Å². The molecule has 10 nitrogen and oxygen atoms in total. The van der Waals surface area contributed by atoms with Crippen LogP contribution in [0.5, 0.6) is 0 Å². The van der Waals surface area contributed by atoms with Crippen LogP contribution in [0.4, 0.5) is 5.69 Å². The van der Waals surface area contributed by atoms with E-state index in [9.17, 15) is 14.4 Å². The Morgan fingerprint density at radius 2 is 2.09 bits per heavy atom. The highest BCUT2D eigenvalue weighted by atomic mass is 16.7. The number of Topliss-reactive ketones (excluding diaryl/α,β-unsaturated/α-hetero) is 1. The first-order valence-electron chi connectivity index (χ1n) is 10.1. The SMILES string of the molecule is COC(=O)C1CC(=O)c2cccc3oc4cc(=O)c5c(c-4nc23)C(OC)(C=CN5)OC(C)=N1. The zero-order valence-electron chi connectivity index (χ0n) is 18.0. The molecule has 5 rings (SSSR count). The molecule has 0 amide bonds. The second-order valence-corrected chi connectivity index (χ2v) is 7.60. The van der Waals surface area contributed by atoms with E-state index in [-0.39, 0.29) is 57.3 Å². The number of hydrogen-bond donors (Lipinski definition) is 1. The molecule has 33 heavy (non-hydrogen) atoms. The second-order valence-electron chi connectivity index (χ2n) is 7.60. The Labute approximate surface area is 187 Å². The molecule has 0 saturated carbocycles. The third-order valence-corrected chi connectivity index (χ3v) is 5.64. The number of nitrogens with zero attached hydrogens (tertiary/aromatic N) is 2. The number of anilines is 1. The summed E-state index contributed by atoms with van der Waals surface area (Å²) in [6.07, 6.45) is 2.82. The molecular formula is C23H19N3O7. The average molecular weight is 449 g/mol. The molecule has 1 aromatic rings. The maximum Gasteiger partial charge on any atom is 0.331 e. The van der Waals surface area contributed by atoms with Gasteiger partial charge in [0, 0.05) is 44.4 Å². The predicted molar refractivity (Wildman–Crippen MR) is 117 cm³/mol. The smallest absolute Gasteiger partial charge is 0.331 e. The van der Waals surface area contributed by atoms with Crippen molar-refractivity contribution in [2.24, 2.45) is 4.99 Å². The summed E-state index contributed by atoms with van der Waals surface area (Å²) in [6, 6.07) is 5.06. The van der Waals surface area contributed by atoms with E-state index < -0.39 is 17.8 Å². The number of methoxy groups -OCH3 is 2. The molecule has 168 valence electrons. The van der Waals surface area contributed by atoms with Crippen LogP contribution in [-0.2, 0) is 24.8 Å². The number of esters is 1. The predicted octanol–water partition coefficient (Wildman–Crippen LogP) is 2.59. The van der Waals surface area contributed by atoms with Gasteiger partial charge in [0.15, 0.2) is 29.1 Å². The summed E-state index contributed by atoms with van der Waals surface area (Å²) in [4.78, 5) is 47.5. The summed E-state index contributed by atoms with van der Waals surface area (Å²) in [5, 5.41) is 2.92. The van der Waals surface area contributed by atoms with Gasteiger partial charge in [-0.25, -0.2) is 14.8 Å². The molecule has 4 aliphatic rings. The molecular weight excluding hydrogens is 430 g/mol. The summed E-state index contributed by atoms with van der Waals surface area (Å²) < 4.78 is 22.7. The lowest BCUT2D eigenvalue weighted by Crippen LogP contribution is -2.38. The zero-order chi connectivity index (χ0) is 23.3. The lowest BCUT2D eigenvalue weighted by molar-refractivity contribution is -0.145. The van der Waals surface area contributed by atoms with E-state index in [4.69, 9.17) is 23.6 Å². The number of ketones is 1. The quantitative estimate of drug-likeness (QED) is 0.463. The van der Waals surface area contributed by atoms with Crippen LogP contribution in [0.25, 0.3) is 22.6 Å². The van der Waals surface area contributed by atoms with Crippen LogP contribution in [0.3, 0.4) is 0 Å². The molecule has 0 spiro atoms. The molecule has 0 aromatic heterocycles. The summed E-state index contributed by atoms with van der Waals surface area (Å²) in [7, 11) is 2.63. The van der Waals surface area contributed by atoms with Gasteiger partial charge < -0.3 is 23.9 Å². The highest BCUT2D eigenvalue weighted by Gasteiger charge is 2.43. The molecule has 0 radical (unpaired) electrons. The number of aromatic nitrogens is 1. The Morgan fingerprint density at radius 3 is 2.85 bits per heavy atom. The number of aliphatic imine (C=N–C) groups is 1. The van der Waals surface area contributed by atoms with Gasteiger partial charge in [0.2, 0.25) is 5.43 Å². The Morgan fingerprint density at radius 1 is 1.27 bits per heavy atom. The molecule has 2 atom stereocenters. The van der Waals surface area contributed by atoms with Crippen LogP contribution in [0.1, 0.15) is 29.3 Å².